The van der Waals surface area contributed by atoms with Crippen LogP contribution in [-0.2, 0) is 6.42 Å². The number of aliphatic hydroxyl groups is 1. The molecule has 2 N–H and O–H groups in total. The molecule has 3 rings (SSSR count). The van der Waals surface area contributed by atoms with Gasteiger partial charge in [0.15, 0.2) is 0 Å². The molecule has 3 heteroatoms. The number of aryl methyl sites for hydroxylation is 1. The number of β-amino-alcohol motifs (C(OH)–C–C–N with tert-alkyl or cyclic N) is 1. The van der Waals surface area contributed by atoms with E-state index in [9.17, 15) is 5.11 Å². The molecule has 0 aromatic carbocycles. The third kappa shape index (κ3) is 1.55. The van der Waals surface area contributed by atoms with E-state index < -0.39 is 5.60 Å². The molecule has 3 nitrogen and oxygen atoms in total. The molecule has 1 fully saturated rings. The fourth-order valence-corrected chi connectivity index (χ4v) is 3.15. The number of piperidine rings is 1. The Balaban J connectivity index is 1.91. The second-order valence-corrected chi connectivity index (χ2v) is 5.02. The average molecular weight is 218 g/mol. The van der Waals surface area contributed by atoms with Crippen LogP contribution < -0.4 is 5.32 Å². The van der Waals surface area contributed by atoms with E-state index in [0.717, 1.165) is 37.9 Å². The standard InChI is InChI=1S/C13H18N2O/c16-13(6-2-7-14-9-13)11-5-4-10-3-1-8-15-12(10)11/h1,3,8,11,14,16H,2,4-7,9H2. The summed E-state index contributed by atoms with van der Waals surface area (Å²) in [4.78, 5) is 4.47. The van der Waals surface area contributed by atoms with E-state index in [1.54, 1.807) is 0 Å². The van der Waals surface area contributed by atoms with Gasteiger partial charge in [0.05, 0.1) is 5.60 Å². The third-order valence-electron chi connectivity index (χ3n) is 4.00. The maximum Gasteiger partial charge on any atom is 0.0855 e. The Hall–Kier alpha value is -0.930. The molecule has 16 heavy (non-hydrogen) atoms. The molecular formula is C13H18N2O. The molecule has 1 aliphatic carbocycles. The van der Waals surface area contributed by atoms with Crippen molar-refractivity contribution in [3.05, 3.63) is 29.6 Å². The largest absolute Gasteiger partial charge is 0.388 e. The minimum atomic E-state index is -0.572. The Morgan fingerprint density at radius 2 is 2.44 bits per heavy atom. The highest BCUT2D eigenvalue weighted by Gasteiger charge is 2.42. The number of pyridine rings is 1. The Labute approximate surface area is 95.9 Å². The van der Waals surface area contributed by atoms with Gasteiger partial charge < -0.3 is 10.4 Å². The molecule has 1 saturated heterocycles. The minimum absolute atomic E-state index is 0.233. The van der Waals surface area contributed by atoms with Crippen molar-refractivity contribution >= 4 is 0 Å². The van der Waals surface area contributed by atoms with Crippen molar-refractivity contribution in [2.24, 2.45) is 0 Å². The number of nitrogens with one attached hydrogen (secondary N) is 1. The van der Waals surface area contributed by atoms with Crippen LogP contribution >= 0.6 is 0 Å². The van der Waals surface area contributed by atoms with E-state index >= 15 is 0 Å². The van der Waals surface area contributed by atoms with Crippen molar-refractivity contribution in [2.75, 3.05) is 13.1 Å². The van der Waals surface area contributed by atoms with Gasteiger partial charge in [-0.2, -0.15) is 0 Å². The van der Waals surface area contributed by atoms with Gasteiger partial charge in [0, 0.05) is 24.4 Å². The van der Waals surface area contributed by atoms with Gasteiger partial charge in [0.1, 0.15) is 0 Å². The Bertz CT molecular complexity index is 385. The van der Waals surface area contributed by atoms with Crippen LogP contribution in [0, 0.1) is 0 Å². The molecule has 0 saturated carbocycles. The van der Waals surface area contributed by atoms with Crippen molar-refractivity contribution < 1.29 is 5.11 Å². The first-order valence-electron chi connectivity index (χ1n) is 6.16. The molecule has 0 spiro atoms. The molecule has 86 valence electrons. The average Bonchev–Trinajstić information content (AvgIpc) is 2.74. The fraction of sp³-hybridized carbons (Fsp3) is 0.615. The molecule has 2 aliphatic rings. The molecule has 0 bridgehead atoms. The first kappa shape index (κ1) is 10.2. The van der Waals surface area contributed by atoms with Crippen LogP contribution in [0.2, 0.25) is 0 Å². The molecule has 2 heterocycles. The highest BCUT2D eigenvalue weighted by Crippen LogP contribution is 2.41. The van der Waals surface area contributed by atoms with Gasteiger partial charge in [0.25, 0.3) is 0 Å². The summed E-state index contributed by atoms with van der Waals surface area (Å²) in [5, 5.41) is 14.0. The van der Waals surface area contributed by atoms with Crippen LogP contribution in [0.3, 0.4) is 0 Å². The lowest BCUT2D eigenvalue weighted by atomic mass is 9.80. The van der Waals surface area contributed by atoms with Crippen molar-refractivity contribution in [1.29, 1.82) is 0 Å². The van der Waals surface area contributed by atoms with E-state index in [4.69, 9.17) is 0 Å². The molecule has 0 radical (unpaired) electrons. The van der Waals surface area contributed by atoms with Crippen molar-refractivity contribution in [2.45, 2.75) is 37.2 Å². The highest BCUT2D eigenvalue weighted by molar-refractivity contribution is 5.31. The van der Waals surface area contributed by atoms with Gasteiger partial charge in [-0.1, -0.05) is 6.07 Å². The SMILES string of the molecule is OC1(C2CCc3cccnc32)CCCNC1. The summed E-state index contributed by atoms with van der Waals surface area (Å²) in [5.41, 5.74) is 1.89. The van der Waals surface area contributed by atoms with E-state index in [0.29, 0.717) is 6.54 Å². The Morgan fingerprint density at radius 1 is 1.50 bits per heavy atom. The normalized spacial score (nSPS) is 33.7. The van der Waals surface area contributed by atoms with Crippen molar-refractivity contribution in [3.63, 3.8) is 0 Å². The van der Waals surface area contributed by atoms with Gasteiger partial charge in [-0.25, -0.2) is 0 Å². The molecule has 1 aromatic rings. The maximum absolute atomic E-state index is 10.7. The summed E-state index contributed by atoms with van der Waals surface area (Å²) < 4.78 is 0. The second kappa shape index (κ2) is 3.82. The fourth-order valence-electron chi connectivity index (χ4n) is 3.15. The summed E-state index contributed by atoms with van der Waals surface area (Å²) in [6.07, 6.45) is 5.92. The first-order chi connectivity index (χ1) is 7.80. The van der Waals surface area contributed by atoms with Crippen LogP contribution in [0.5, 0.6) is 0 Å². The molecule has 0 amide bonds. The third-order valence-corrected chi connectivity index (χ3v) is 4.00. The van der Waals surface area contributed by atoms with Crippen LogP contribution in [0.25, 0.3) is 0 Å². The first-order valence-corrected chi connectivity index (χ1v) is 6.16. The number of hydrogen-bond acceptors (Lipinski definition) is 3. The lowest BCUT2D eigenvalue weighted by Crippen LogP contribution is -2.49. The van der Waals surface area contributed by atoms with Gasteiger partial charge >= 0.3 is 0 Å². The number of rotatable bonds is 1. The smallest absolute Gasteiger partial charge is 0.0855 e. The second-order valence-electron chi connectivity index (χ2n) is 5.02. The Kier molecular flexibility index (Phi) is 2.45. The number of fused-ring (bicyclic) bond motifs is 1. The molecule has 2 atom stereocenters. The zero-order valence-corrected chi connectivity index (χ0v) is 9.45. The zero-order chi connectivity index (χ0) is 11.0. The Morgan fingerprint density at radius 3 is 3.25 bits per heavy atom. The van der Waals surface area contributed by atoms with Gasteiger partial charge in [-0.3, -0.25) is 4.98 Å². The van der Waals surface area contributed by atoms with Gasteiger partial charge in [-0.15, -0.1) is 0 Å². The maximum atomic E-state index is 10.7. The van der Waals surface area contributed by atoms with Crippen LogP contribution in [-0.4, -0.2) is 28.8 Å². The molecule has 1 aromatic heterocycles. The van der Waals surface area contributed by atoms with E-state index in [1.807, 2.05) is 12.3 Å². The van der Waals surface area contributed by atoms with Gasteiger partial charge in [-0.05, 0) is 43.9 Å². The number of nitrogens with zero attached hydrogens (tertiary/aromatic N) is 1. The topological polar surface area (TPSA) is 45.2 Å². The molecule has 2 unspecified atom stereocenters. The summed E-state index contributed by atoms with van der Waals surface area (Å²) in [6, 6.07) is 4.13. The van der Waals surface area contributed by atoms with E-state index in [2.05, 4.69) is 16.4 Å². The van der Waals surface area contributed by atoms with E-state index in [1.165, 1.54) is 5.56 Å². The summed E-state index contributed by atoms with van der Waals surface area (Å²) in [7, 11) is 0. The predicted molar refractivity (Wildman–Crippen MR) is 62.4 cm³/mol. The lowest BCUT2D eigenvalue weighted by Gasteiger charge is -2.37. The summed E-state index contributed by atoms with van der Waals surface area (Å²) >= 11 is 0. The molecule has 1 aliphatic heterocycles. The summed E-state index contributed by atoms with van der Waals surface area (Å²) in [5.74, 6) is 0.233. The van der Waals surface area contributed by atoms with Crippen LogP contribution in [0.15, 0.2) is 18.3 Å². The van der Waals surface area contributed by atoms with Gasteiger partial charge in [0.2, 0.25) is 0 Å². The highest BCUT2D eigenvalue weighted by atomic mass is 16.3. The van der Waals surface area contributed by atoms with Crippen molar-refractivity contribution in [1.82, 2.24) is 10.3 Å². The monoisotopic (exact) mass is 218 g/mol. The zero-order valence-electron chi connectivity index (χ0n) is 9.45. The quantitative estimate of drug-likeness (QED) is 0.745. The molecular weight excluding hydrogens is 200 g/mol. The summed E-state index contributed by atoms with van der Waals surface area (Å²) in [6.45, 7) is 1.75. The van der Waals surface area contributed by atoms with Crippen molar-refractivity contribution in [3.8, 4) is 0 Å². The number of hydrogen-bond donors (Lipinski definition) is 2. The van der Waals surface area contributed by atoms with Crippen LogP contribution in [0.4, 0.5) is 0 Å². The predicted octanol–water partition coefficient (Wildman–Crippen LogP) is 1.23. The van der Waals surface area contributed by atoms with Crippen LogP contribution in [0.1, 0.15) is 36.4 Å². The van der Waals surface area contributed by atoms with E-state index in [-0.39, 0.29) is 5.92 Å². The minimum Gasteiger partial charge on any atom is -0.388 e. The number of aromatic nitrogens is 1. The lowest BCUT2D eigenvalue weighted by molar-refractivity contribution is -0.0103.